The molecule has 0 atom stereocenters. The van der Waals surface area contributed by atoms with Crippen LogP contribution >= 0.6 is 11.6 Å². The lowest BCUT2D eigenvalue weighted by atomic mass is 10.1. The number of halogens is 1. The molecule has 2 saturated heterocycles. The number of pyridine rings is 1. The normalized spacial score (nSPS) is 17.0. The number of ether oxygens (including phenoxy) is 2. The highest BCUT2D eigenvalue weighted by atomic mass is 35.5. The first-order chi connectivity index (χ1) is 17.5. The second-order valence-electron chi connectivity index (χ2n) is 9.11. The Morgan fingerprint density at radius 3 is 2.61 bits per heavy atom. The van der Waals surface area contributed by atoms with Crippen LogP contribution in [0.25, 0.3) is 22.4 Å². The molecule has 0 unspecified atom stereocenters. The molecule has 5 rings (SSSR count). The van der Waals surface area contributed by atoms with Crippen molar-refractivity contribution in [2.75, 3.05) is 64.5 Å². The monoisotopic (exact) mass is 514 g/mol. The first kappa shape index (κ1) is 24.6. The summed E-state index contributed by atoms with van der Waals surface area (Å²) in [6.07, 6.45) is 1.34. The highest BCUT2D eigenvalue weighted by molar-refractivity contribution is 6.33. The predicted molar refractivity (Wildman–Crippen MR) is 138 cm³/mol. The van der Waals surface area contributed by atoms with E-state index in [9.17, 15) is 4.79 Å². The minimum absolute atomic E-state index is 0.0482. The van der Waals surface area contributed by atoms with Gasteiger partial charge in [0.15, 0.2) is 5.65 Å². The largest absolute Gasteiger partial charge is 0.461 e. The van der Waals surface area contributed by atoms with Gasteiger partial charge in [0.25, 0.3) is 6.01 Å². The van der Waals surface area contributed by atoms with Gasteiger partial charge in [-0.05, 0) is 18.2 Å². The highest BCUT2D eigenvalue weighted by Gasteiger charge is 2.26. The van der Waals surface area contributed by atoms with E-state index in [1.54, 1.807) is 11.9 Å². The number of anilines is 1. The lowest BCUT2D eigenvalue weighted by Gasteiger charge is -2.34. The number of aliphatic hydroxyl groups excluding tert-OH is 1. The quantitative estimate of drug-likeness (QED) is 0.520. The number of aromatic nitrogens is 3. The maximum Gasteiger partial charge on any atom is 0.319 e. The van der Waals surface area contributed by atoms with E-state index >= 15 is 0 Å². The molecular weight excluding hydrogens is 484 g/mol. The van der Waals surface area contributed by atoms with Crippen molar-refractivity contribution in [2.45, 2.75) is 18.9 Å². The van der Waals surface area contributed by atoms with Crippen LogP contribution in [0.4, 0.5) is 10.5 Å². The average Bonchev–Trinajstić information content (AvgIpc) is 3.30. The van der Waals surface area contributed by atoms with Crippen molar-refractivity contribution in [1.29, 1.82) is 0 Å². The van der Waals surface area contributed by atoms with Crippen LogP contribution in [0.1, 0.15) is 12.8 Å². The summed E-state index contributed by atoms with van der Waals surface area (Å²) in [7, 11) is 1.69. The molecule has 0 spiro atoms. The van der Waals surface area contributed by atoms with E-state index in [2.05, 4.69) is 27.0 Å². The van der Waals surface area contributed by atoms with Gasteiger partial charge in [-0.2, -0.15) is 4.98 Å². The summed E-state index contributed by atoms with van der Waals surface area (Å²) in [5.74, 6) is 0. The van der Waals surface area contributed by atoms with E-state index in [4.69, 9.17) is 31.2 Å². The number of imidazole rings is 1. The van der Waals surface area contributed by atoms with Crippen LogP contribution < -0.4 is 9.64 Å². The van der Waals surface area contributed by atoms with Crippen molar-refractivity contribution >= 4 is 34.5 Å². The predicted octanol–water partition coefficient (Wildman–Crippen LogP) is 3.00. The van der Waals surface area contributed by atoms with Crippen LogP contribution in [-0.4, -0.2) is 102 Å². The maximum atomic E-state index is 12.4. The zero-order valence-electron chi connectivity index (χ0n) is 20.3. The molecule has 2 amide bonds. The fraction of sp³-hybridized carbons (Fsp3) is 0.480. The second kappa shape index (κ2) is 10.9. The Morgan fingerprint density at radius 2 is 1.92 bits per heavy atom. The van der Waals surface area contributed by atoms with Crippen molar-refractivity contribution in [3.05, 3.63) is 35.4 Å². The van der Waals surface area contributed by atoms with E-state index < -0.39 is 0 Å². The number of nitrogens with zero attached hydrogens (tertiary/aromatic N) is 5. The maximum absolute atomic E-state index is 12.4. The lowest BCUT2D eigenvalue weighted by Crippen LogP contribution is -2.47. The number of urea groups is 1. The number of likely N-dealkylation sites (tertiary alicyclic amines) is 1. The number of H-pyrrole nitrogens is 1. The molecule has 2 aliphatic heterocycles. The number of hydrogen-bond donors (Lipinski definition) is 2. The van der Waals surface area contributed by atoms with Crippen LogP contribution in [-0.2, 0) is 4.74 Å². The number of carbonyl (C=O) groups excluding carboxylic acids is 1. The minimum Gasteiger partial charge on any atom is -0.461 e. The van der Waals surface area contributed by atoms with Crippen LogP contribution in [0, 0.1) is 0 Å². The van der Waals surface area contributed by atoms with Gasteiger partial charge in [0.05, 0.1) is 36.1 Å². The van der Waals surface area contributed by atoms with Gasteiger partial charge in [-0.1, -0.05) is 23.7 Å². The Morgan fingerprint density at radius 1 is 1.19 bits per heavy atom. The number of piperidine rings is 1. The number of aliphatic hydroxyl groups is 1. The molecule has 11 heteroatoms. The number of morpholine rings is 1. The smallest absolute Gasteiger partial charge is 0.319 e. The van der Waals surface area contributed by atoms with Crippen molar-refractivity contribution in [1.82, 2.24) is 24.8 Å². The molecule has 1 aromatic carbocycles. The topological polar surface area (TPSA) is 107 Å². The summed E-state index contributed by atoms with van der Waals surface area (Å²) in [6, 6.07) is 10.4. The molecule has 0 bridgehead atoms. The number of likely N-dealkylation sites (N-methyl/N-ethyl adjacent to an activating group) is 1. The standard InChI is InChI=1S/C25H31ClN6O4/c1-30(10-13-33)25(34)32-8-6-19(7-9-32)36-24-27-21-16-20(26)22(28-23(21)29-24)17-2-4-18(5-3-17)31-11-14-35-15-12-31/h2-5,16,19,33H,6-15H2,1H3,(H,27,28,29). The molecule has 3 aromatic rings. The molecule has 2 aromatic heterocycles. The summed E-state index contributed by atoms with van der Waals surface area (Å²) < 4.78 is 11.5. The number of rotatable bonds is 6. The number of aromatic amines is 1. The minimum atomic E-state index is -0.0735. The number of hydrogen-bond acceptors (Lipinski definition) is 7. The molecule has 0 saturated carbocycles. The van der Waals surface area contributed by atoms with Gasteiger partial charge in [0.1, 0.15) is 6.10 Å². The number of carbonyl (C=O) groups is 1. The Bertz CT molecular complexity index is 1190. The molecule has 10 nitrogen and oxygen atoms in total. The molecular formula is C25H31ClN6O4. The fourth-order valence-corrected chi connectivity index (χ4v) is 4.88. The van der Waals surface area contributed by atoms with Gasteiger partial charge in [0.2, 0.25) is 0 Å². The Balaban J connectivity index is 1.24. The van der Waals surface area contributed by atoms with Gasteiger partial charge >= 0.3 is 6.03 Å². The molecule has 36 heavy (non-hydrogen) atoms. The van der Waals surface area contributed by atoms with E-state index in [1.807, 2.05) is 18.2 Å². The molecule has 2 N–H and O–H groups in total. The van der Waals surface area contributed by atoms with E-state index in [-0.39, 0.29) is 18.7 Å². The van der Waals surface area contributed by atoms with Crippen molar-refractivity contribution in [2.24, 2.45) is 0 Å². The number of benzene rings is 1. The third-order valence-corrected chi connectivity index (χ3v) is 6.96. The lowest BCUT2D eigenvalue weighted by molar-refractivity contribution is 0.0906. The molecule has 2 fully saturated rings. The van der Waals surface area contributed by atoms with Crippen molar-refractivity contribution in [3.63, 3.8) is 0 Å². The summed E-state index contributed by atoms with van der Waals surface area (Å²) >= 11 is 6.59. The molecule has 2 aliphatic rings. The first-order valence-corrected chi connectivity index (χ1v) is 12.7. The van der Waals surface area contributed by atoms with E-state index in [0.29, 0.717) is 60.4 Å². The van der Waals surface area contributed by atoms with E-state index in [0.717, 1.165) is 37.6 Å². The summed E-state index contributed by atoms with van der Waals surface area (Å²) in [6.45, 7) is 4.72. The van der Waals surface area contributed by atoms with Crippen LogP contribution in [0.15, 0.2) is 30.3 Å². The third kappa shape index (κ3) is 5.35. The number of fused-ring (bicyclic) bond motifs is 1. The number of amides is 2. The molecule has 192 valence electrons. The molecule has 0 radical (unpaired) electrons. The van der Waals surface area contributed by atoms with Gasteiger partial charge in [-0.25, -0.2) is 9.78 Å². The van der Waals surface area contributed by atoms with Crippen molar-refractivity contribution in [3.8, 4) is 17.3 Å². The summed E-state index contributed by atoms with van der Waals surface area (Å²) in [5, 5.41) is 9.59. The third-order valence-electron chi connectivity index (χ3n) is 6.67. The van der Waals surface area contributed by atoms with Gasteiger partial charge in [-0.15, -0.1) is 0 Å². The summed E-state index contributed by atoms with van der Waals surface area (Å²) in [4.78, 5) is 30.4. The number of nitrogens with one attached hydrogen (secondary N) is 1. The second-order valence-corrected chi connectivity index (χ2v) is 9.52. The molecule has 0 aliphatic carbocycles. The Kier molecular flexibility index (Phi) is 7.45. The van der Waals surface area contributed by atoms with Gasteiger partial charge < -0.3 is 34.3 Å². The first-order valence-electron chi connectivity index (χ1n) is 12.3. The Labute approximate surface area is 214 Å². The average molecular weight is 515 g/mol. The van der Waals surface area contributed by atoms with Crippen LogP contribution in [0.3, 0.4) is 0 Å². The van der Waals surface area contributed by atoms with E-state index in [1.165, 1.54) is 4.90 Å². The van der Waals surface area contributed by atoms with Gasteiger partial charge in [0, 0.05) is 63.9 Å². The zero-order valence-corrected chi connectivity index (χ0v) is 21.1. The Hall–Kier alpha value is -3.08. The van der Waals surface area contributed by atoms with Gasteiger partial charge in [-0.3, -0.25) is 0 Å². The van der Waals surface area contributed by atoms with Crippen LogP contribution in [0.2, 0.25) is 5.02 Å². The van der Waals surface area contributed by atoms with Crippen molar-refractivity contribution < 1.29 is 19.4 Å². The fourth-order valence-electron chi connectivity index (χ4n) is 4.62. The van der Waals surface area contributed by atoms with Crippen LogP contribution in [0.5, 0.6) is 6.01 Å². The SMILES string of the molecule is CN(CCO)C(=O)N1CCC(Oc2nc3nc(-c4ccc(N5CCOCC5)cc4)c(Cl)cc3[nH]2)CC1. The summed E-state index contributed by atoms with van der Waals surface area (Å²) in [5.41, 5.74) is 4.01. The highest BCUT2D eigenvalue weighted by Crippen LogP contribution is 2.31. The molecule has 4 heterocycles. The zero-order chi connectivity index (χ0) is 25.1.